The van der Waals surface area contributed by atoms with Crippen molar-refractivity contribution in [2.45, 2.75) is 43.9 Å². The molecule has 36 heavy (non-hydrogen) atoms. The van der Waals surface area contributed by atoms with E-state index < -0.39 is 0 Å². The number of aromatic nitrogens is 4. The molecule has 3 N–H and O–H groups in total. The number of hydrogen-bond acceptors (Lipinski definition) is 8. The average molecular weight is 549 g/mol. The summed E-state index contributed by atoms with van der Waals surface area (Å²) in [7, 11) is 3.19. The van der Waals surface area contributed by atoms with Crippen molar-refractivity contribution in [3.8, 4) is 6.01 Å². The molecule has 2 aliphatic rings. The van der Waals surface area contributed by atoms with Crippen molar-refractivity contribution in [2.75, 3.05) is 31.3 Å². The van der Waals surface area contributed by atoms with E-state index >= 15 is 0 Å². The largest absolute Gasteiger partial charge is 0.467 e. The minimum atomic E-state index is -0.177. The Bertz CT molecular complexity index is 1350. The van der Waals surface area contributed by atoms with Gasteiger partial charge in [-0.05, 0) is 31.0 Å². The highest BCUT2D eigenvalue weighted by atomic mass is 35.5. The molecule has 0 radical (unpaired) electrons. The third-order valence-electron chi connectivity index (χ3n) is 6.67. The second-order valence-corrected chi connectivity index (χ2v) is 10.8. The maximum absolute atomic E-state index is 12.3. The maximum atomic E-state index is 12.3. The third-order valence-corrected chi connectivity index (χ3v) is 8.76. The van der Waals surface area contributed by atoms with Crippen LogP contribution in [0.1, 0.15) is 50.2 Å². The van der Waals surface area contributed by atoms with E-state index in [2.05, 4.69) is 15.3 Å². The molecule has 0 spiro atoms. The van der Waals surface area contributed by atoms with Crippen molar-refractivity contribution in [2.24, 2.45) is 0 Å². The Hall–Kier alpha value is -2.69. The number of hydrogen-bond donors (Lipinski definition) is 2. The molecule has 1 unspecified atom stereocenters. The molecule has 0 fully saturated rings. The van der Waals surface area contributed by atoms with Gasteiger partial charge >= 0.3 is 6.01 Å². The molecule has 0 aliphatic carbocycles. The van der Waals surface area contributed by atoms with E-state index in [0.29, 0.717) is 46.2 Å². The Balaban J connectivity index is 1.51. The SMILES string of the molecule is CNC(=O)c1nn2c(c1C)CN(c1nc(OC)nc3c1CSC(c1cc(N)cc(Cl)c1Cl)C3)CCC2. The van der Waals surface area contributed by atoms with Crippen molar-refractivity contribution in [1.29, 1.82) is 0 Å². The zero-order valence-electron chi connectivity index (χ0n) is 20.3. The topological polar surface area (TPSA) is 111 Å². The lowest BCUT2D eigenvalue weighted by atomic mass is 10.0. The summed E-state index contributed by atoms with van der Waals surface area (Å²) in [5.74, 6) is 1.39. The van der Waals surface area contributed by atoms with Crippen molar-refractivity contribution < 1.29 is 9.53 Å². The van der Waals surface area contributed by atoms with Crippen LogP contribution in [0.3, 0.4) is 0 Å². The lowest BCUT2D eigenvalue weighted by Gasteiger charge is -2.30. The number of ether oxygens (including phenoxy) is 1. The van der Waals surface area contributed by atoms with Crippen LogP contribution in [0.5, 0.6) is 6.01 Å². The zero-order chi connectivity index (χ0) is 25.6. The molecule has 0 bridgehead atoms. The van der Waals surface area contributed by atoms with Crippen LogP contribution in [0, 0.1) is 6.92 Å². The summed E-state index contributed by atoms with van der Waals surface area (Å²) in [6, 6.07) is 3.88. The maximum Gasteiger partial charge on any atom is 0.318 e. The van der Waals surface area contributed by atoms with E-state index in [1.807, 2.05) is 17.7 Å². The quantitative estimate of drug-likeness (QED) is 0.468. The van der Waals surface area contributed by atoms with E-state index in [-0.39, 0.29) is 11.2 Å². The third kappa shape index (κ3) is 4.46. The van der Waals surface area contributed by atoms with E-state index in [4.69, 9.17) is 43.6 Å². The number of fused-ring (bicyclic) bond motifs is 2. The van der Waals surface area contributed by atoms with Gasteiger partial charge in [0.15, 0.2) is 5.69 Å². The first-order valence-electron chi connectivity index (χ1n) is 11.6. The smallest absolute Gasteiger partial charge is 0.318 e. The molecular weight excluding hydrogens is 521 g/mol. The Morgan fingerprint density at radius 3 is 2.83 bits per heavy atom. The molecule has 9 nitrogen and oxygen atoms in total. The normalized spacial score (nSPS) is 17.2. The van der Waals surface area contributed by atoms with Gasteiger partial charge in [-0.3, -0.25) is 9.48 Å². The van der Waals surface area contributed by atoms with Gasteiger partial charge in [-0.1, -0.05) is 23.2 Å². The molecule has 190 valence electrons. The molecule has 1 amide bonds. The molecule has 4 heterocycles. The highest BCUT2D eigenvalue weighted by Crippen LogP contribution is 2.46. The first kappa shape index (κ1) is 25.0. The van der Waals surface area contributed by atoms with Crippen LogP contribution in [0.15, 0.2) is 12.1 Å². The van der Waals surface area contributed by atoms with Gasteiger partial charge in [-0.2, -0.15) is 15.1 Å². The van der Waals surface area contributed by atoms with E-state index in [1.165, 1.54) is 0 Å². The van der Waals surface area contributed by atoms with Gasteiger partial charge in [0.25, 0.3) is 5.91 Å². The fourth-order valence-corrected chi connectivity index (χ4v) is 6.65. The number of nitrogens with one attached hydrogen (secondary N) is 1. The summed E-state index contributed by atoms with van der Waals surface area (Å²) < 4.78 is 7.44. The van der Waals surface area contributed by atoms with Gasteiger partial charge in [-0.25, -0.2) is 0 Å². The molecule has 1 aromatic carbocycles. The molecule has 0 saturated carbocycles. The van der Waals surface area contributed by atoms with Crippen LogP contribution in [0.2, 0.25) is 10.0 Å². The van der Waals surface area contributed by atoms with Crippen molar-refractivity contribution >= 4 is 52.4 Å². The van der Waals surface area contributed by atoms with Gasteiger partial charge in [0.1, 0.15) is 5.82 Å². The van der Waals surface area contributed by atoms with Gasteiger partial charge in [0, 0.05) is 54.4 Å². The second kappa shape index (κ2) is 9.99. The predicted octanol–water partition coefficient (Wildman–Crippen LogP) is 4.18. The van der Waals surface area contributed by atoms with E-state index in [9.17, 15) is 4.79 Å². The Kier molecular flexibility index (Phi) is 6.93. The highest BCUT2D eigenvalue weighted by Gasteiger charge is 2.31. The number of nitrogen functional groups attached to an aromatic ring is 1. The molecule has 12 heteroatoms. The van der Waals surface area contributed by atoms with E-state index in [0.717, 1.165) is 53.4 Å². The Morgan fingerprint density at radius 1 is 1.28 bits per heavy atom. The minimum absolute atomic E-state index is 0.0568. The number of methoxy groups -OCH3 is 1. The Morgan fingerprint density at radius 2 is 2.08 bits per heavy atom. The fourth-order valence-electron chi connectivity index (χ4n) is 4.81. The summed E-state index contributed by atoms with van der Waals surface area (Å²) in [5, 5.41) is 8.29. The summed E-state index contributed by atoms with van der Waals surface area (Å²) in [4.78, 5) is 24.0. The lowest BCUT2D eigenvalue weighted by Crippen LogP contribution is -2.27. The van der Waals surface area contributed by atoms with Gasteiger partial charge in [0.05, 0.1) is 35.1 Å². The lowest BCUT2D eigenvalue weighted by molar-refractivity contribution is 0.0956. The summed E-state index contributed by atoms with van der Waals surface area (Å²) in [5.41, 5.74) is 11.9. The number of rotatable bonds is 4. The summed E-state index contributed by atoms with van der Waals surface area (Å²) in [6.45, 7) is 4.08. The fraction of sp³-hybridized carbons (Fsp3) is 0.417. The van der Waals surface area contributed by atoms with Crippen molar-refractivity contribution in [3.63, 3.8) is 0 Å². The van der Waals surface area contributed by atoms with Gasteiger partial charge < -0.3 is 20.7 Å². The number of benzene rings is 1. The van der Waals surface area contributed by atoms with Crippen LogP contribution < -0.4 is 20.7 Å². The summed E-state index contributed by atoms with van der Waals surface area (Å²) in [6.07, 6.45) is 1.52. The minimum Gasteiger partial charge on any atom is -0.467 e. The van der Waals surface area contributed by atoms with Gasteiger partial charge in [-0.15, -0.1) is 11.8 Å². The average Bonchev–Trinajstić information content (AvgIpc) is 3.04. The molecule has 5 rings (SSSR count). The monoisotopic (exact) mass is 547 g/mol. The second-order valence-electron chi connectivity index (χ2n) is 8.87. The Labute approximate surface area is 223 Å². The van der Waals surface area contributed by atoms with Crippen LogP contribution in [-0.2, 0) is 25.3 Å². The first-order valence-corrected chi connectivity index (χ1v) is 13.4. The molecule has 3 aromatic rings. The van der Waals surface area contributed by atoms with Crippen molar-refractivity contribution in [3.05, 3.63) is 56.0 Å². The predicted molar refractivity (Wildman–Crippen MR) is 143 cm³/mol. The number of carbonyl (C=O) groups is 1. The van der Waals surface area contributed by atoms with Crippen LogP contribution in [-0.4, -0.2) is 46.4 Å². The summed E-state index contributed by atoms with van der Waals surface area (Å²) >= 11 is 14.6. The number of nitrogens with two attached hydrogens (primary N) is 1. The first-order chi connectivity index (χ1) is 17.3. The van der Waals surface area contributed by atoms with Crippen molar-refractivity contribution in [1.82, 2.24) is 25.1 Å². The number of halogens is 2. The number of nitrogens with zero attached hydrogens (tertiary/aromatic N) is 5. The molecule has 0 saturated heterocycles. The van der Waals surface area contributed by atoms with Crippen LogP contribution >= 0.6 is 35.0 Å². The number of anilines is 2. The molecule has 2 aromatic heterocycles. The standard InChI is InChI=1S/C24H27Cl2N7O2S/c1-12-18-10-32(5-4-6-33(18)31-21(12)23(34)28-2)22-15-11-36-19(9-17(15)29-24(30-22)35-3)14-7-13(27)8-16(25)20(14)26/h7-8,19H,4-6,9-11,27H2,1-3H3,(H,28,34). The van der Waals surface area contributed by atoms with Crippen LogP contribution in [0.4, 0.5) is 11.5 Å². The van der Waals surface area contributed by atoms with Gasteiger partial charge in [0.2, 0.25) is 0 Å². The molecule has 1 atom stereocenters. The molecular formula is C24H27Cl2N7O2S. The van der Waals surface area contributed by atoms with Crippen LogP contribution in [0.25, 0.3) is 0 Å². The number of amides is 1. The molecule has 2 aliphatic heterocycles. The highest BCUT2D eigenvalue weighted by molar-refractivity contribution is 7.98. The van der Waals surface area contributed by atoms with E-state index in [1.54, 1.807) is 32.0 Å². The number of thioether (sulfide) groups is 1. The number of aryl methyl sites for hydroxylation is 1. The zero-order valence-corrected chi connectivity index (χ0v) is 22.6. The number of carbonyl (C=O) groups excluding carboxylic acids is 1.